The van der Waals surface area contributed by atoms with Crippen LogP contribution in [0.4, 0.5) is 4.79 Å². The van der Waals surface area contributed by atoms with Gasteiger partial charge < -0.3 is 9.64 Å². The minimum Gasteiger partial charge on any atom is -0.453 e. The third-order valence-corrected chi connectivity index (χ3v) is 6.01. The molecule has 2 aromatic rings. The number of amides is 1. The number of likely N-dealkylation sites (tertiary alicyclic amines) is 1. The minimum atomic E-state index is -3.39. The topological polar surface area (TPSA) is 75.7 Å². The number of sulfonamides is 1. The molecule has 1 amide bonds. The van der Waals surface area contributed by atoms with Crippen molar-refractivity contribution >= 4 is 16.1 Å². The number of benzene rings is 2. The first-order chi connectivity index (χ1) is 13.8. The van der Waals surface area contributed by atoms with Crippen molar-refractivity contribution in [2.75, 3.05) is 19.9 Å². The van der Waals surface area contributed by atoms with Gasteiger partial charge in [-0.25, -0.2) is 17.9 Å². The SMILES string of the molecule is COC(=O)N1CCC[C@H](NS(C)(=O)=O)[C@@H]1Cc1cccc(-c2cccc(C)c2)c1. The van der Waals surface area contributed by atoms with Crippen molar-refractivity contribution in [3.8, 4) is 11.1 Å². The molecule has 2 aromatic carbocycles. The molecule has 7 heteroatoms. The summed E-state index contributed by atoms with van der Waals surface area (Å²) in [6.07, 6.45) is 2.68. The Morgan fingerprint density at radius 2 is 1.86 bits per heavy atom. The fraction of sp³-hybridized carbons (Fsp3) is 0.409. The van der Waals surface area contributed by atoms with Gasteiger partial charge in [0, 0.05) is 12.6 Å². The summed E-state index contributed by atoms with van der Waals surface area (Å²) in [6, 6.07) is 15.8. The number of piperidine rings is 1. The summed E-state index contributed by atoms with van der Waals surface area (Å²) >= 11 is 0. The van der Waals surface area contributed by atoms with Gasteiger partial charge in [0.05, 0.1) is 19.4 Å². The second-order valence-corrected chi connectivity index (χ2v) is 9.42. The Hall–Kier alpha value is -2.38. The molecule has 1 fully saturated rings. The minimum absolute atomic E-state index is 0.307. The van der Waals surface area contributed by atoms with Crippen LogP contribution in [0.3, 0.4) is 0 Å². The van der Waals surface area contributed by atoms with E-state index in [9.17, 15) is 13.2 Å². The van der Waals surface area contributed by atoms with Gasteiger partial charge in [-0.2, -0.15) is 0 Å². The molecular weight excluding hydrogens is 388 g/mol. The van der Waals surface area contributed by atoms with Crippen molar-refractivity contribution in [3.05, 3.63) is 59.7 Å². The summed E-state index contributed by atoms with van der Waals surface area (Å²) < 4.78 is 31.4. The average molecular weight is 417 g/mol. The summed E-state index contributed by atoms with van der Waals surface area (Å²) in [5, 5.41) is 0. The van der Waals surface area contributed by atoms with Crippen LogP contribution in [-0.2, 0) is 21.2 Å². The average Bonchev–Trinajstić information content (AvgIpc) is 2.68. The van der Waals surface area contributed by atoms with Gasteiger partial charge in [-0.15, -0.1) is 0 Å². The highest BCUT2D eigenvalue weighted by Gasteiger charge is 2.36. The smallest absolute Gasteiger partial charge is 0.409 e. The quantitative estimate of drug-likeness (QED) is 0.811. The molecule has 0 bridgehead atoms. The summed E-state index contributed by atoms with van der Waals surface area (Å²) in [7, 11) is -2.04. The predicted molar refractivity (Wildman–Crippen MR) is 114 cm³/mol. The highest BCUT2D eigenvalue weighted by Crippen LogP contribution is 2.26. The van der Waals surface area contributed by atoms with E-state index >= 15 is 0 Å². The summed E-state index contributed by atoms with van der Waals surface area (Å²) in [5.41, 5.74) is 4.46. The lowest BCUT2D eigenvalue weighted by Crippen LogP contribution is -2.57. The number of carbonyl (C=O) groups is 1. The fourth-order valence-corrected chi connectivity index (χ4v) is 4.83. The van der Waals surface area contributed by atoms with Gasteiger partial charge in [0.1, 0.15) is 0 Å². The largest absolute Gasteiger partial charge is 0.453 e. The van der Waals surface area contributed by atoms with E-state index in [2.05, 4.69) is 42.0 Å². The zero-order chi connectivity index (χ0) is 21.0. The van der Waals surface area contributed by atoms with Crippen molar-refractivity contribution in [2.24, 2.45) is 0 Å². The molecule has 156 valence electrons. The highest BCUT2D eigenvalue weighted by atomic mass is 32.2. The van der Waals surface area contributed by atoms with Gasteiger partial charge >= 0.3 is 6.09 Å². The van der Waals surface area contributed by atoms with Crippen LogP contribution >= 0.6 is 0 Å². The number of rotatable bonds is 5. The Morgan fingerprint density at radius 1 is 1.17 bits per heavy atom. The number of methoxy groups -OCH3 is 1. The van der Waals surface area contributed by atoms with Crippen molar-refractivity contribution < 1.29 is 17.9 Å². The van der Waals surface area contributed by atoms with Crippen LogP contribution in [0.2, 0.25) is 0 Å². The Bertz CT molecular complexity index is 974. The van der Waals surface area contributed by atoms with Crippen molar-refractivity contribution in [1.29, 1.82) is 0 Å². The molecule has 1 aliphatic heterocycles. The normalized spacial score (nSPS) is 19.8. The van der Waals surface area contributed by atoms with Crippen LogP contribution < -0.4 is 4.72 Å². The van der Waals surface area contributed by atoms with Crippen LogP contribution in [0.5, 0.6) is 0 Å². The molecule has 1 aliphatic rings. The number of hydrogen-bond donors (Lipinski definition) is 1. The molecule has 0 unspecified atom stereocenters. The van der Waals surface area contributed by atoms with E-state index in [0.717, 1.165) is 29.4 Å². The van der Waals surface area contributed by atoms with E-state index in [1.54, 1.807) is 4.90 Å². The molecule has 1 heterocycles. The second-order valence-electron chi connectivity index (χ2n) is 7.64. The van der Waals surface area contributed by atoms with Crippen molar-refractivity contribution in [3.63, 3.8) is 0 Å². The van der Waals surface area contributed by atoms with Gasteiger partial charge in [0.2, 0.25) is 10.0 Å². The summed E-state index contributed by atoms with van der Waals surface area (Å²) in [6.45, 7) is 2.61. The van der Waals surface area contributed by atoms with Gasteiger partial charge in [0.25, 0.3) is 0 Å². The maximum absolute atomic E-state index is 12.3. The molecule has 1 saturated heterocycles. The molecule has 0 radical (unpaired) electrons. The zero-order valence-electron chi connectivity index (χ0n) is 17.1. The third kappa shape index (κ3) is 5.58. The standard InChI is InChI=1S/C22H28N2O4S/c1-16-7-4-9-18(13-16)19-10-5-8-17(14-19)15-21-20(23-29(3,26)27)11-6-12-24(21)22(25)28-2/h4-5,7-10,13-14,20-21,23H,6,11-12,15H2,1-3H3/t20-,21-/m0/s1. The molecule has 2 atom stereocenters. The van der Waals surface area contributed by atoms with E-state index < -0.39 is 16.1 Å². The molecule has 0 spiro atoms. The first-order valence-corrected chi connectivity index (χ1v) is 11.6. The Labute approximate surface area is 172 Å². The van der Waals surface area contributed by atoms with E-state index in [1.165, 1.54) is 12.7 Å². The lowest BCUT2D eigenvalue weighted by atomic mass is 9.90. The van der Waals surface area contributed by atoms with Crippen LogP contribution in [0.15, 0.2) is 48.5 Å². The van der Waals surface area contributed by atoms with Gasteiger partial charge in [-0.05, 0) is 42.9 Å². The van der Waals surface area contributed by atoms with Crippen LogP contribution in [0.25, 0.3) is 11.1 Å². The van der Waals surface area contributed by atoms with Crippen LogP contribution in [0, 0.1) is 6.92 Å². The van der Waals surface area contributed by atoms with Crippen molar-refractivity contribution in [1.82, 2.24) is 9.62 Å². The molecule has 29 heavy (non-hydrogen) atoms. The Kier molecular flexibility index (Phi) is 6.59. The molecule has 0 aromatic heterocycles. The maximum Gasteiger partial charge on any atom is 0.409 e. The van der Waals surface area contributed by atoms with E-state index in [4.69, 9.17) is 4.74 Å². The van der Waals surface area contributed by atoms with Gasteiger partial charge in [0.15, 0.2) is 0 Å². The number of nitrogens with one attached hydrogen (secondary N) is 1. The number of ether oxygens (including phenoxy) is 1. The molecule has 0 saturated carbocycles. The first-order valence-electron chi connectivity index (χ1n) is 9.75. The van der Waals surface area contributed by atoms with Gasteiger partial charge in [-0.1, -0.05) is 54.1 Å². The summed E-state index contributed by atoms with van der Waals surface area (Å²) in [5.74, 6) is 0. The fourth-order valence-electron chi connectivity index (χ4n) is 4.01. The van der Waals surface area contributed by atoms with E-state index in [1.807, 2.05) is 18.2 Å². The third-order valence-electron chi connectivity index (χ3n) is 5.28. The number of hydrogen-bond acceptors (Lipinski definition) is 4. The monoisotopic (exact) mass is 416 g/mol. The van der Waals surface area contributed by atoms with E-state index in [0.29, 0.717) is 19.4 Å². The maximum atomic E-state index is 12.3. The molecule has 1 N–H and O–H groups in total. The molecular formula is C22H28N2O4S. The molecule has 0 aliphatic carbocycles. The molecule has 3 rings (SSSR count). The Morgan fingerprint density at radius 3 is 2.52 bits per heavy atom. The predicted octanol–water partition coefficient (Wildman–Crippen LogP) is 3.35. The van der Waals surface area contributed by atoms with Crippen LogP contribution in [0.1, 0.15) is 24.0 Å². The lowest BCUT2D eigenvalue weighted by Gasteiger charge is -2.40. The summed E-state index contributed by atoms with van der Waals surface area (Å²) in [4.78, 5) is 14.0. The zero-order valence-corrected chi connectivity index (χ0v) is 17.9. The number of carbonyl (C=O) groups excluding carboxylic acids is 1. The van der Waals surface area contributed by atoms with Crippen molar-refractivity contribution in [2.45, 2.75) is 38.3 Å². The van der Waals surface area contributed by atoms with E-state index in [-0.39, 0.29) is 12.1 Å². The molecule has 6 nitrogen and oxygen atoms in total. The number of aryl methyl sites for hydroxylation is 1. The van der Waals surface area contributed by atoms with Crippen LogP contribution in [-0.4, -0.2) is 51.4 Å². The van der Waals surface area contributed by atoms with Gasteiger partial charge in [-0.3, -0.25) is 0 Å². The second kappa shape index (κ2) is 8.97. The number of nitrogens with zero attached hydrogens (tertiary/aromatic N) is 1. The Balaban J connectivity index is 1.90. The lowest BCUT2D eigenvalue weighted by molar-refractivity contribution is 0.0792. The highest BCUT2D eigenvalue weighted by molar-refractivity contribution is 7.88. The first kappa shape index (κ1) is 21.3.